The van der Waals surface area contributed by atoms with Gasteiger partial charge in [0, 0.05) is 25.7 Å². The van der Waals surface area contributed by atoms with E-state index in [0.717, 1.165) is 108 Å². The molecule has 0 spiro atoms. The molecule has 3 unspecified atom stereocenters. The highest BCUT2D eigenvalue weighted by Gasteiger charge is 2.30. The van der Waals surface area contributed by atoms with E-state index in [9.17, 15) is 43.2 Å². The summed E-state index contributed by atoms with van der Waals surface area (Å²) in [6.07, 6.45) is 41.9. The fraction of sp³-hybridized carbons (Fsp3) is 0.941. The third-order valence-corrected chi connectivity index (χ3v) is 17.9. The molecular formula is C68H132O17P2. The molecule has 0 bridgehead atoms. The molecule has 0 amide bonds. The van der Waals surface area contributed by atoms with E-state index in [1.807, 2.05) is 0 Å². The Bertz CT molecular complexity index is 1720. The lowest BCUT2D eigenvalue weighted by molar-refractivity contribution is -0.161. The Kier molecular flexibility index (Phi) is 57.8. The molecule has 0 fully saturated rings. The molecule has 516 valence electrons. The number of unbranched alkanes of at least 4 members (excludes halogenated alkanes) is 33. The van der Waals surface area contributed by atoms with Crippen LogP contribution in [0, 0.1) is 17.8 Å². The lowest BCUT2D eigenvalue weighted by Gasteiger charge is -2.21. The molecule has 0 aromatic rings. The Morgan fingerprint density at radius 3 is 0.874 bits per heavy atom. The van der Waals surface area contributed by atoms with E-state index in [2.05, 4.69) is 48.5 Å². The highest BCUT2D eigenvalue weighted by atomic mass is 31.2. The Balaban J connectivity index is 5.20. The smallest absolute Gasteiger partial charge is 0.462 e. The van der Waals surface area contributed by atoms with Crippen molar-refractivity contribution in [2.24, 2.45) is 17.8 Å². The summed E-state index contributed by atoms with van der Waals surface area (Å²) < 4.78 is 68.1. The van der Waals surface area contributed by atoms with Crippen molar-refractivity contribution < 1.29 is 80.2 Å². The summed E-state index contributed by atoms with van der Waals surface area (Å²) >= 11 is 0. The van der Waals surface area contributed by atoms with E-state index in [4.69, 9.17) is 37.0 Å². The second kappa shape index (κ2) is 59.1. The van der Waals surface area contributed by atoms with Crippen molar-refractivity contribution in [3.8, 4) is 0 Å². The van der Waals surface area contributed by atoms with Gasteiger partial charge in [-0.2, -0.15) is 0 Å². The summed E-state index contributed by atoms with van der Waals surface area (Å²) in [5.41, 5.74) is 0. The molecule has 17 nitrogen and oxygen atoms in total. The largest absolute Gasteiger partial charge is 0.472 e. The number of phosphoric acid groups is 2. The minimum absolute atomic E-state index is 0.102. The average molecular weight is 1280 g/mol. The van der Waals surface area contributed by atoms with Gasteiger partial charge in [-0.25, -0.2) is 9.13 Å². The van der Waals surface area contributed by atoms with Crippen LogP contribution in [-0.2, 0) is 65.4 Å². The van der Waals surface area contributed by atoms with Crippen LogP contribution >= 0.6 is 15.6 Å². The lowest BCUT2D eigenvalue weighted by atomic mass is 9.99. The number of esters is 4. The van der Waals surface area contributed by atoms with Crippen molar-refractivity contribution in [1.82, 2.24) is 0 Å². The van der Waals surface area contributed by atoms with Crippen LogP contribution in [0.25, 0.3) is 0 Å². The molecule has 0 rings (SSSR count). The number of aliphatic hydroxyl groups is 1. The second-order valence-electron chi connectivity index (χ2n) is 25.8. The third-order valence-electron chi connectivity index (χ3n) is 16.0. The standard InChI is InChI=1S/C68H132O17P2/c1-8-10-11-12-13-27-35-42-49-65(70)78-56-64(85-68(73)52-45-38-31-30-33-40-47-60(5)6)58-83-87(76,77)81-54-62(69)53-80-86(74,75)82-57-63(55-79-66(71)50-43-36-28-24-20-21-25-32-39-46-59(3)4)84-67(72)51-44-37-29-23-19-17-15-14-16-18-22-26-34-41-48-61(7)9-2/h59-64,69H,8-58H2,1-7H3,(H,74,75)(H,76,77)/t61?,62-,63-,64-/m1/s1. The normalized spacial score (nSPS) is 14.6. The topological polar surface area (TPSA) is 237 Å². The first-order valence-corrected chi connectivity index (χ1v) is 38.4. The van der Waals surface area contributed by atoms with Gasteiger partial charge in [-0.15, -0.1) is 0 Å². The molecule has 3 N–H and O–H groups in total. The zero-order chi connectivity index (χ0) is 64.5. The fourth-order valence-electron chi connectivity index (χ4n) is 10.2. The summed E-state index contributed by atoms with van der Waals surface area (Å²) in [4.78, 5) is 72.3. The highest BCUT2D eigenvalue weighted by Crippen LogP contribution is 2.45. The molecule has 87 heavy (non-hydrogen) atoms. The Labute approximate surface area is 530 Å². The Morgan fingerprint density at radius 2 is 0.586 bits per heavy atom. The van der Waals surface area contributed by atoms with Gasteiger partial charge in [0.25, 0.3) is 0 Å². The minimum atomic E-state index is -4.95. The maximum absolute atomic E-state index is 13.0. The van der Waals surface area contributed by atoms with Crippen LogP contribution < -0.4 is 0 Å². The van der Waals surface area contributed by atoms with E-state index in [-0.39, 0.29) is 25.7 Å². The van der Waals surface area contributed by atoms with Crippen molar-refractivity contribution in [2.75, 3.05) is 39.6 Å². The molecule has 0 radical (unpaired) electrons. The first-order chi connectivity index (χ1) is 41.8. The van der Waals surface area contributed by atoms with E-state index in [0.29, 0.717) is 31.6 Å². The van der Waals surface area contributed by atoms with Crippen molar-refractivity contribution in [1.29, 1.82) is 0 Å². The molecule has 0 saturated carbocycles. The van der Waals surface area contributed by atoms with Crippen molar-refractivity contribution in [3.05, 3.63) is 0 Å². The molecule has 0 aliphatic rings. The molecule has 6 atom stereocenters. The third kappa shape index (κ3) is 61.3. The van der Waals surface area contributed by atoms with E-state index in [1.165, 1.54) is 141 Å². The maximum atomic E-state index is 13.0. The van der Waals surface area contributed by atoms with Gasteiger partial charge in [0.2, 0.25) is 0 Å². The van der Waals surface area contributed by atoms with Gasteiger partial charge in [-0.05, 0) is 43.4 Å². The number of hydrogen-bond donors (Lipinski definition) is 3. The molecule has 0 heterocycles. The average Bonchev–Trinajstić information content (AvgIpc) is 3.69. The van der Waals surface area contributed by atoms with E-state index in [1.54, 1.807) is 0 Å². The lowest BCUT2D eigenvalue weighted by Crippen LogP contribution is -2.30. The Hall–Kier alpha value is -1.94. The van der Waals surface area contributed by atoms with Gasteiger partial charge < -0.3 is 33.8 Å². The monoisotopic (exact) mass is 1280 g/mol. The molecule has 0 aromatic heterocycles. The molecule has 0 aromatic carbocycles. The van der Waals surface area contributed by atoms with Crippen LogP contribution in [0.4, 0.5) is 0 Å². The first-order valence-electron chi connectivity index (χ1n) is 35.4. The molecule has 0 aliphatic carbocycles. The number of aliphatic hydroxyl groups excluding tert-OH is 1. The van der Waals surface area contributed by atoms with Crippen molar-refractivity contribution >= 4 is 39.5 Å². The highest BCUT2D eigenvalue weighted by molar-refractivity contribution is 7.47. The minimum Gasteiger partial charge on any atom is -0.462 e. The van der Waals surface area contributed by atoms with Gasteiger partial charge in [0.05, 0.1) is 26.4 Å². The fourth-order valence-corrected chi connectivity index (χ4v) is 11.7. The zero-order valence-corrected chi connectivity index (χ0v) is 58.3. The molecule has 0 saturated heterocycles. The summed E-state index contributed by atoms with van der Waals surface area (Å²) in [7, 11) is -9.89. The van der Waals surface area contributed by atoms with Gasteiger partial charge in [0.1, 0.15) is 19.3 Å². The quantitative estimate of drug-likeness (QED) is 0.0222. The van der Waals surface area contributed by atoms with Crippen molar-refractivity contribution in [2.45, 2.75) is 356 Å². The summed E-state index contributed by atoms with van der Waals surface area (Å²) in [6, 6.07) is 0. The van der Waals surface area contributed by atoms with Gasteiger partial charge in [-0.3, -0.25) is 37.3 Å². The molecule has 19 heteroatoms. The zero-order valence-electron chi connectivity index (χ0n) is 56.5. The van der Waals surface area contributed by atoms with Crippen LogP contribution in [0.5, 0.6) is 0 Å². The second-order valence-corrected chi connectivity index (χ2v) is 28.7. The van der Waals surface area contributed by atoms with Crippen LogP contribution in [-0.4, -0.2) is 96.7 Å². The predicted octanol–water partition coefficient (Wildman–Crippen LogP) is 19.1. The van der Waals surface area contributed by atoms with E-state index < -0.39 is 97.5 Å². The predicted molar refractivity (Wildman–Crippen MR) is 349 cm³/mol. The van der Waals surface area contributed by atoms with Crippen LogP contribution in [0.3, 0.4) is 0 Å². The summed E-state index contributed by atoms with van der Waals surface area (Å²) in [5.74, 6) is 0.123. The van der Waals surface area contributed by atoms with Crippen LogP contribution in [0.2, 0.25) is 0 Å². The Morgan fingerprint density at radius 1 is 0.333 bits per heavy atom. The summed E-state index contributed by atoms with van der Waals surface area (Å²) in [6.45, 7) is 11.7. The number of ether oxygens (including phenoxy) is 4. The summed E-state index contributed by atoms with van der Waals surface area (Å²) in [5, 5.41) is 10.6. The number of carbonyl (C=O) groups is 4. The number of carbonyl (C=O) groups excluding carboxylic acids is 4. The van der Waals surface area contributed by atoms with Crippen LogP contribution in [0.1, 0.15) is 337 Å². The number of phosphoric ester groups is 2. The number of rotatable bonds is 66. The van der Waals surface area contributed by atoms with Crippen molar-refractivity contribution in [3.63, 3.8) is 0 Å². The van der Waals surface area contributed by atoms with E-state index >= 15 is 0 Å². The molecular weight excluding hydrogens is 1150 g/mol. The van der Waals surface area contributed by atoms with Gasteiger partial charge >= 0.3 is 39.5 Å². The molecule has 0 aliphatic heterocycles. The number of hydrogen-bond acceptors (Lipinski definition) is 15. The SMILES string of the molecule is CCCCCCCCCCC(=O)OC[C@H](COP(=O)(O)OC[C@H](O)COP(=O)(O)OC[C@@H](COC(=O)CCCCCCCCCCCC(C)C)OC(=O)CCCCCCCCCCCCCCCCC(C)CC)OC(=O)CCCCCCCCC(C)C. The van der Waals surface area contributed by atoms with Gasteiger partial charge in [0.15, 0.2) is 12.2 Å². The maximum Gasteiger partial charge on any atom is 0.472 e. The van der Waals surface area contributed by atoms with Gasteiger partial charge in [-0.1, -0.05) is 286 Å². The first kappa shape index (κ1) is 85.1. The van der Waals surface area contributed by atoms with Crippen LogP contribution in [0.15, 0.2) is 0 Å².